The summed E-state index contributed by atoms with van der Waals surface area (Å²) in [6.45, 7) is 0.951. The number of aromatic nitrogens is 4. The summed E-state index contributed by atoms with van der Waals surface area (Å²) < 4.78 is 27.7. The first-order valence-corrected chi connectivity index (χ1v) is 6.04. The monoisotopic (exact) mass is 297 g/mol. The fourth-order valence-corrected chi connectivity index (χ4v) is 1.75. The van der Waals surface area contributed by atoms with Crippen LogP contribution in [0.25, 0.3) is 0 Å². The molecule has 112 valence electrons. The van der Waals surface area contributed by atoms with Crippen LogP contribution in [0.5, 0.6) is 0 Å². The van der Waals surface area contributed by atoms with E-state index in [2.05, 4.69) is 20.8 Å². The standard InChI is InChI=1S/C12H13F2N5O2/c1-12(21,9-3-2-8(13)4-10(9)14)6-15-11(20)5-19-7-16-17-18-19/h2-4,7,21H,5-6H2,1H3,(H,15,20). The van der Waals surface area contributed by atoms with Gasteiger partial charge in [0.05, 0.1) is 6.54 Å². The van der Waals surface area contributed by atoms with Crippen molar-refractivity contribution in [2.24, 2.45) is 0 Å². The second kappa shape index (κ2) is 5.92. The highest BCUT2D eigenvalue weighted by atomic mass is 19.1. The van der Waals surface area contributed by atoms with Crippen molar-refractivity contribution < 1.29 is 18.7 Å². The molecule has 1 aromatic carbocycles. The molecule has 2 aromatic rings. The minimum atomic E-state index is -1.67. The molecule has 2 N–H and O–H groups in total. The van der Waals surface area contributed by atoms with Gasteiger partial charge in [-0.25, -0.2) is 13.5 Å². The third-order valence-electron chi connectivity index (χ3n) is 2.84. The largest absolute Gasteiger partial charge is 0.383 e. The van der Waals surface area contributed by atoms with E-state index in [4.69, 9.17) is 0 Å². The summed E-state index contributed by atoms with van der Waals surface area (Å²) in [5.74, 6) is -2.07. The maximum Gasteiger partial charge on any atom is 0.241 e. The van der Waals surface area contributed by atoms with Gasteiger partial charge in [-0.1, -0.05) is 6.07 Å². The number of rotatable bonds is 5. The highest BCUT2D eigenvalue weighted by molar-refractivity contribution is 5.75. The Morgan fingerprint density at radius 1 is 1.48 bits per heavy atom. The van der Waals surface area contributed by atoms with Crippen LogP contribution < -0.4 is 5.32 Å². The fraction of sp³-hybridized carbons (Fsp3) is 0.333. The van der Waals surface area contributed by atoms with Gasteiger partial charge in [0.2, 0.25) is 5.91 Å². The number of hydrogen-bond acceptors (Lipinski definition) is 5. The Kier molecular flexibility index (Phi) is 4.22. The average Bonchev–Trinajstić information content (AvgIpc) is 2.89. The summed E-state index contributed by atoms with van der Waals surface area (Å²) in [6, 6.07) is 2.85. The van der Waals surface area contributed by atoms with Crippen molar-refractivity contribution in [2.75, 3.05) is 6.54 Å². The Hall–Kier alpha value is -2.42. The molecule has 0 aliphatic carbocycles. The van der Waals surface area contributed by atoms with E-state index in [1.165, 1.54) is 17.9 Å². The first-order chi connectivity index (χ1) is 9.88. The molecule has 1 heterocycles. The lowest BCUT2D eigenvalue weighted by atomic mass is 9.95. The zero-order valence-corrected chi connectivity index (χ0v) is 11.1. The van der Waals surface area contributed by atoms with Crippen molar-refractivity contribution in [3.8, 4) is 0 Å². The third kappa shape index (κ3) is 3.78. The van der Waals surface area contributed by atoms with Crippen LogP contribution in [-0.2, 0) is 16.9 Å². The maximum atomic E-state index is 13.6. The average molecular weight is 297 g/mol. The van der Waals surface area contributed by atoms with Crippen LogP contribution in [0.2, 0.25) is 0 Å². The lowest BCUT2D eigenvalue weighted by Crippen LogP contribution is -2.40. The number of hydrogen-bond donors (Lipinski definition) is 2. The lowest BCUT2D eigenvalue weighted by molar-refractivity contribution is -0.123. The van der Waals surface area contributed by atoms with Gasteiger partial charge in [0.25, 0.3) is 0 Å². The van der Waals surface area contributed by atoms with E-state index < -0.39 is 23.1 Å². The Bertz CT molecular complexity index is 631. The molecule has 21 heavy (non-hydrogen) atoms. The molecule has 0 radical (unpaired) electrons. The number of carbonyl (C=O) groups is 1. The van der Waals surface area contributed by atoms with Crippen molar-refractivity contribution in [3.05, 3.63) is 41.7 Å². The molecule has 1 unspecified atom stereocenters. The van der Waals surface area contributed by atoms with Gasteiger partial charge in [-0.15, -0.1) is 5.10 Å². The predicted molar refractivity (Wildman–Crippen MR) is 66.8 cm³/mol. The van der Waals surface area contributed by atoms with E-state index in [0.29, 0.717) is 6.07 Å². The van der Waals surface area contributed by atoms with E-state index in [1.54, 1.807) is 0 Å². The molecule has 0 bridgehead atoms. The molecule has 7 nitrogen and oxygen atoms in total. The summed E-state index contributed by atoms with van der Waals surface area (Å²) in [7, 11) is 0. The lowest BCUT2D eigenvalue weighted by Gasteiger charge is -2.24. The Labute approximate surface area is 118 Å². The topological polar surface area (TPSA) is 92.9 Å². The van der Waals surface area contributed by atoms with Crippen LogP contribution in [0, 0.1) is 11.6 Å². The van der Waals surface area contributed by atoms with Crippen molar-refractivity contribution >= 4 is 5.91 Å². The number of aliphatic hydroxyl groups is 1. The van der Waals surface area contributed by atoms with Gasteiger partial charge in [0, 0.05) is 11.6 Å². The normalized spacial score (nSPS) is 13.7. The number of nitrogens with zero attached hydrogens (tertiary/aromatic N) is 4. The van der Waals surface area contributed by atoms with Crippen LogP contribution in [0.15, 0.2) is 24.5 Å². The molecule has 0 aliphatic rings. The van der Waals surface area contributed by atoms with Crippen LogP contribution >= 0.6 is 0 Å². The molecule has 9 heteroatoms. The summed E-state index contributed by atoms with van der Waals surface area (Å²) in [5.41, 5.74) is -1.78. The van der Waals surface area contributed by atoms with Crippen molar-refractivity contribution in [3.63, 3.8) is 0 Å². The number of benzene rings is 1. The molecule has 1 aromatic heterocycles. The van der Waals surface area contributed by atoms with Crippen LogP contribution in [-0.4, -0.2) is 37.8 Å². The number of tetrazole rings is 1. The minimum Gasteiger partial charge on any atom is -0.383 e. The van der Waals surface area contributed by atoms with E-state index in [-0.39, 0.29) is 18.7 Å². The van der Waals surface area contributed by atoms with Crippen molar-refractivity contribution in [1.29, 1.82) is 0 Å². The van der Waals surface area contributed by atoms with Crippen molar-refractivity contribution in [1.82, 2.24) is 25.5 Å². The molecule has 0 fully saturated rings. The Morgan fingerprint density at radius 3 is 2.86 bits per heavy atom. The Morgan fingerprint density at radius 2 is 2.24 bits per heavy atom. The molecular weight excluding hydrogens is 284 g/mol. The molecule has 1 atom stereocenters. The molecule has 0 aliphatic heterocycles. The highest BCUT2D eigenvalue weighted by Crippen LogP contribution is 2.23. The fourth-order valence-electron chi connectivity index (χ4n) is 1.75. The van der Waals surface area contributed by atoms with E-state index in [0.717, 1.165) is 12.1 Å². The third-order valence-corrected chi connectivity index (χ3v) is 2.84. The summed E-state index contributed by atoms with van der Waals surface area (Å²) >= 11 is 0. The molecular formula is C12H13F2N5O2. The quantitative estimate of drug-likeness (QED) is 0.809. The molecule has 2 rings (SSSR count). The van der Waals surface area contributed by atoms with Crippen LogP contribution in [0.3, 0.4) is 0 Å². The van der Waals surface area contributed by atoms with Gasteiger partial charge in [0.15, 0.2) is 0 Å². The van der Waals surface area contributed by atoms with Gasteiger partial charge in [0.1, 0.15) is 30.1 Å². The first-order valence-electron chi connectivity index (χ1n) is 6.04. The second-order valence-electron chi connectivity index (χ2n) is 4.68. The van der Waals surface area contributed by atoms with Crippen LogP contribution in [0.1, 0.15) is 12.5 Å². The van der Waals surface area contributed by atoms with Gasteiger partial charge < -0.3 is 10.4 Å². The smallest absolute Gasteiger partial charge is 0.241 e. The summed E-state index contributed by atoms with van der Waals surface area (Å²) in [4.78, 5) is 11.6. The molecule has 0 saturated heterocycles. The van der Waals surface area contributed by atoms with E-state index in [9.17, 15) is 18.7 Å². The number of carbonyl (C=O) groups excluding carboxylic acids is 1. The number of nitrogens with one attached hydrogen (secondary N) is 1. The zero-order chi connectivity index (χ0) is 15.5. The maximum absolute atomic E-state index is 13.6. The second-order valence-corrected chi connectivity index (χ2v) is 4.68. The summed E-state index contributed by atoms with van der Waals surface area (Å²) in [6.07, 6.45) is 1.26. The van der Waals surface area contributed by atoms with Gasteiger partial charge in [-0.3, -0.25) is 4.79 Å². The Balaban J connectivity index is 1.98. The predicted octanol–water partition coefficient (Wildman–Crippen LogP) is -0.0248. The zero-order valence-electron chi connectivity index (χ0n) is 11.1. The molecule has 1 amide bonds. The van der Waals surface area contributed by atoms with Gasteiger partial charge in [-0.2, -0.15) is 0 Å². The van der Waals surface area contributed by atoms with Gasteiger partial charge >= 0.3 is 0 Å². The summed E-state index contributed by atoms with van der Waals surface area (Å²) in [5, 5.41) is 22.9. The number of halogens is 2. The van der Waals surface area contributed by atoms with E-state index in [1.807, 2.05) is 0 Å². The highest BCUT2D eigenvalue weighted by Gasteiger charge is 2.27. The van der Waals surface area contributed by atoms with Crippen molar-refractivity contribution in [2.45, 2.75) is 19.1 Å². The number of amides is 1. The first kappa shape index (κ1) is 15.0. The van der Waals surface area contributed by atoms with Crippen LogP contribution in [0.4, 0.5) is 8.78 Å². The molecule has 0 spiro atoms. The SMILES string of the molecule is CC(O)(CNC(=O)Cn1cnnn1)c1ccc(F)cc1F. The van der Waals surface area contributed by atoms with Gasteiger partial charge in [-0.05, 0) is 23.4 Å². The van der Waals surface area contributed by atoms with E-state index >= 15 is 0 Å². The minimum absolute atomic E-state index is 0.105. The molecule has 0 saturated carbocycles.